The Kier molecular flexibility index (Phi) is 2.99. The van der Waals surface area contributed by atoms with Gasteiger partial charge >= 0.3 is 0 Å². The predicted molar refractivity (Wildman–Crippen MR) is 66.3 cm³/mol. The summed E-state index contributed by atoms with van der Waals surface area (Å²) < 4.78 is 29.9. The molecule has 8 heteroatoms. The molecule has 2 aromatic rings. The summed E-state index contributed by atoms with van der Waals surface area (Å²) >= 11 is 0.961. The molecular formula is C9H10N4O2S2. The van der Waals surface area contributed by atoms with Crippen molar-refractivity contribution in [3.63, 3.8) is 0 Å². The van der Waals surface area contributed by atoms with E-state index in [0.29, 0.717) is 5.00 Å². The molecule has 1 heterocycles. The van der Waals surface area contributed by atoms with E-state index >= 15 is 0 Å². The number of nitrogens with one attached hydrogen (secondary N) is 1. The maximum absolute atomic E-state index is 12.0. The van der Waals surface area contributed by atoms with E-state index in [1.54, 1.807) is 12.1 Å². The summed E-state index contributed by atoms with van der Waals surface area (Å²) in [5, 5.41) is 3.90. The Bertz CT molecular complexity index is 622. The van der Waals surface area contributed by atoms with Gasteiger partial charge in [0.25, 0.3) is 10.0 Å². The number of aromatic nitrogens is 2. The highest BCUT2D eigenvalue weighted by Gasteiger charge is 2.18. The van der Waals surface area contributed by atoms with Crippen LogP contribution in [0.3, 0.4) is 0 Å². The normalized spacial score (nSPS) is 11.4. The van der Waals surface area contributed by atoms with Crippen molar-refractivity contribution in [2.24, 2.45) is 0 Å². The van der Waals surface area contributed by atoms with E-state index < -0.39 is 10.0 Å². The first-order chi connectivity index (χ1) is 7.99. The van der Waals surface area contributed by atoms with Crippen molar-refractivity contribution < 1.29 is 8.42 Å². The van der Waals surface area contributed by atoms with Gasteiger partial charge in [-0.25, -0.2) is 8.42 Å². The molecule has 0 fully saturated rings. The number of sulfonamides is 1. The lowest BCUT2D eigenvalue weighted by Crippen LogP contribution is -2.14. The number of nitrogens with two attached hydrogens (primary N) is 1. The van der Waals surface area contributed by atoms with Gasteiger partial charge in [-0.1, -0.05) is 10.6 Å². The minimum atomic E-state index is -3.68. The first-order valence-electron chi connectivity index (χ1n) is 4.65. The number of hydrogen-bond donors (Lipinski definition) is 2. The van der Waals surface area contributed by atoms with E-state index in [4.69, 9.17) is 5.73 Å². The van der Waals surface area contributed by atoms with Crippen molar-refractivity contribution in [1.82, 2.24) is 9.59 Å². The Labute approximate surface area is 103 Å². The first-order valence-corrected chi connectivity index (χ1v) is 6.91. The highest BCUT2D eigenvalue weighted by molar-refractivity contribution is 7.93. The van der Waals surface area contributed by atoms with Crippen molar-refractivity contribution in [2.45, 2.75) is 11.8 Å². The van der Waals surface area contributed by atoms with Crippen molar-refractivity contribution in [3.05, 3.63) is 30.0 Å². The zero-order chi connectivity index (χ0) is 12.5. The topological polar surface area (TPSA) is 98.0 Å². The summed E-state index contributed by atoms with van der Waals surface area (Å²) in [6.07, 6.45) is 1.34. The maximum Gasteiger partial charge on any atom is 0.264 e. The van der Waals surface area contributed by atoms with E-state index in [0.717, 1.165) is 17.1 Å². The van der Waals surface area contributed by atoms with Crippen LogP contribution >= 0.6 is 11.5 Å². The summed E-state index contributed by atoms with van der Waals surface area (Å²) in [6.45, 7) is 1.84. The molecule has 0 amide bonds. The number of anilines is 2. The van der Waals surface area contributed by atoms with E-state index in [9.17, 15) is 8.42 Å². The third kappa shape index (κ3) is 2.53. The van der Waals surface area contributed by atoms with Gasteiger partial charge in [0.05, 0.1) is 11.9 Å². The number of rotatable bonds is 3. The molecule has 0 spiro atoms. The van der Waals surface area contributed by atoms with Crippen LogP contribution in [0.15, 0.2) is 29.3 Å². The molecule has 6 nitrogen and oxygen atoms in total. The van der Waals surface area contributed by atoms with Crippen LogP contribution in [0.1, 0.15) is 5.56 Å². The lowest BCUT2D eigenvalue weighted by Gasteiger charge is -2.08. The minimum Gasteiger partial charge on any atom is -0.398 e. The summed E-state index contributed by atoms with van der Waals surface area (Å²) in [6, 6.07) is 4.77. The number of hydrogen-bond acceptors (Lipinski definition) is 6. The Morgan fingerprint density at radius 2 is 2.18 bits per heavy atom. The Hall–Kier alpha value is -1.67. The van der Waals surface area contributed by atoms with Crippen LogP contribution in [0.5, 0.6) is 0 Å². The van der Waals surface area contributed by atoms with E-state index in [1.165, 1.54) is 12.3 Å². The molecular weight excluding hydrogens is 260 g/mol. The molecule has 2 rings (SSSR count). The van der Waals surface area contributed by atoms with Crippen molar-refractivity contribution in [2.75, 3.05) is 10.5 Å². The second-order valence-electron chi connectivity index (χ2n) is 3.43. The third-order valence-corrected chi connectivity index (χ3v) is 4.20. The largest absolute Gasteiger partial charge is 0.398 e. The molecule has 1 aromatic carbocycles. The molecule has 0 aliphatic heterocycles. The molecule has 3 N–H and O–H groups in total. The van der Waals surface area contributed by atoms with Gasteiger partial charge in [-0.3, -0.25) is 4.72 Å². The van der Waals surface area contributed by atoms with Crippen LogP contribution in [0.4, 0.5) is 10.7 Å². The molecule has 17 heavy (non-hydrogen) atoms. The molecule has 0 atom stereocenters. The van der Waals surface area contributed by atoms with Crippen LogP contribution in [0.25, 0.3) is 0 Å². The number of nitrogens with zero attached hydrogens (tertiary/aromatic N) is 2. The smallest absolute Gasteiger partial charge is 0.264 e. The van der Waals surface area contributed by atoms with Crippen molar-refractivity contribution >= 4 is 32.2 Å². The zero-order valence-electron chi connectivity index (χ0n) is 8.91. The van der Waals surface area contributed by atoms with Crippen LogP contribution in [-0.2, 0) is 10.0 Å². The molecule has 0 saturated carbocycles. The van der Waals surface area contributed by atoms with Gasteiger partial charge in [0.1, 0.15) is 9.90 Å². The standard InChI is InChI=1S/C9H10N4O2S2/c1-6-2-3-8(7(10)4-6)17(14,15)12-9-5-11-13-16-9/h2-5,12H,10H2,1H3. The fourth-order valence-electron chi connectivity index (χ4n) is 1.31. The van der Waals surface area contributed by atoms with Crippen molar-refractivity contribution in [1.29, 1.82) is 0 Å². The van der Waals surface area contributed by atoms with Crippen LogP contribution in [0, 0.1) is 6.92 Å². The quantitative estimate of drug-likeness (QED) is 0.817. The fourth-order valence-corrected chi connectivity index (χ4v) is 3.11. The van der Waals surface area contributed by atoms with Gasteiger partial charge in [-0.05, 0) is 24.6 Å². The summed E-state index contributed by atoms with van der Waals surface area (Å²) in [4.78, 5) is 0.0523. The zero-order valence-corrected chi connectivity index (χ0v) is 10.5. The molecule has 0 unspecified atom stereocenters. The average Bonchev–Trinajstić information content (AvgIpc) is 2.68. The van der Waals surface area contributed by atoms with Crippen LogP contribution in [-0.4, -0.2) is 18.0 Å². The lowest BCUT2D eigenvalue weighted by atomic mass is 10.2. The molecule has 0 aliphatic rings. The molecule has 0 radical (unpaired) electrons. The van der Waals surface area contributed by atoms with Gasteiger partial charge in [-0.15, -0.1) is 5.10 Å². The number of benzene rings is 1. The van der Waals surface area contributed by atoms with Gasteiger partial charge in [0.15, 0.2) is 0 Å². The van der Waals surface area contributed by atoms with E-state index in [2.05, 4.69) is 14.3 Å². The van der Waals surface area contributed by atoms with Gasteiger partial charge in [0, 0.05) is 11.5 Å². The molecule has 0 aliphatic carbocycles. The fraction of sp³-hybridized carbons (Fsp3) is 0.111. The van der Waals surface area contributed by atoms with Crippen LogP contribution in [0.2, 0.25) is 0 Å². The minimum absolute atomic E-state index is 0.0523. The molecule has 90 valence electrons. The average molecular weight is 270 g/mol. The van der Waals surface area contributed by atoms with Crippen LogP contribution < -0.4 is 10.5 Å². The number of nitrogen functional groups attached to an aromatic ring is 1. The highest BCUT2D eigenvalue weighted by Crippen LogP contribution is 2.23. The number of aryl methyl sites for hydroxylation is 1. The van der Waals surface area contributed by atoms with E-state index in [-0.39, 0.29) is 10.6 Å². The highest BCUT2D eigenvalue weighted by atomic mass is 32.2. The molecule has 0 bridgehead atoms. The summed E-state index contributed by atoms with van der Waals surface area (Å²) in [5.74, 6) is 0. The SMILES string of the molecule is Cc1ccc(S(=O)(=O)Nc2cnns2)c(N)c1. The molecule has 1 aromatic heterocycles. The Morgan fingerprint density at radius 3 is 2.76 bits per heavy atom. The second-order valence-corrected chi connectivity index (χ2v) is 5.87. The van der Waals surface area contributed by atoms with Crippen molar-refractivity contribution in [3.8, 4) is 0 Å². The maximum atomic E-state index is 12.0. The van der Waals surface area contributed by atoms with Gasteiger partial charge in [-0.2, -0.15) is 0 Å². The van der Waals surface area contributed by atoms with Gasteiger partial charge in [0.2, 0.25) is 0 Å². The third-order valence-electron chi connectivity index (χ3n) is 2.05. The predicted octanol–water partition coefficient (Wildman–Crippen LogP) is 1.23. The second kappa shape index (κ2) is 4.30. The lowest BCUT2D eigenvalue weighted by molar-refractivity contribution is 0.601. The Morgan fingerprint density at radius 1 is 1.41 bits per heavy atom. The summed E-state index contributed by atoms with van der Waals surface area (Å²) in [5.41, 5.74) is 6.81. The monoisotopic (exact) mass is 270 g/mol. The summed E-state index contributed by atoms with van der Waals surface area (Å²) in [7, 11) is -3.68. The Balaban J connectivity index is 2.38. The molecule has 0 saturated heterocycles. The van der Waals surface area contributed by atoms with Gasteiger partial charge < -0.3 is 5.73 Å². The van der Waals surface area contributed by atoms with E-state index in [1.807, 2.05) is 6.92 Å². The first kappa shape index (κ1) is 11.8.